The summed E-state index contributed by atoms with van der Waals surface area (Å²) in [4.78, 5) is 23.1. The van der Waals surface area contributed by atoms with Gasteiger partial charge in [-0.3, -0.25) is 9.80 Å². The molecular weight excluding hydrogens is 260 g/mol. The molecule has 0 amide bonds. The van der Waals surface area contributed by atoms with Crippen LogP contribution in [0.4, 0.5) is 0 Å². The van der Waals surface area contributed by atoms with E-state index in [9.17, 15) is 9.59 Å². The molecule has 114 valence electrons. The van der Waals surface area contributed by atoms with Gasteiger partial charge in [0.2, 0.25) is 0 Å². The van der Waals surface area contributed by atoms with Crippen LogP contribution in [0.25, 0.3) is 0 Å². The van der Waals surface area contributed by atoms with Crippen molar-refractivity contribution in [1.82, 2.24) is 10.0 Å². The lowest BCUT2D eigenvalue weighted by molar-refractivity contribution is -0.144. The summed E-state index contributed by atoms with van der Waals surface area (Å²) in [5.74, 6) is -0.543. The fourth-order valence-corrected chi connectivity index (χ4v) is 2.30. The first-order chi connectivity index (χ1) is 9.33. The molecule has 0 saturated heterocycles. The third-order valence-electron chi connectivity index (χ3n) is 3.64. The van der Waals surface area contributed by atoms with Gasteiger partial charge in [0.25, 0.3) is 0 Å². The van der Waals surface area contributed by atoms with Crippen molar-refractivity contribution in [1.29, 1.82) is 0 Å². The number of hydrazine groups is 1. The van der Waals surface area contributed by atoms with Crippen molar-refractivity contribution in [2.45, 2.75) is 26.2 Å². The monoisotopic (exact) mass is 284 g/mol. The van der Waals surface area contributed by atoms with Gasteiger partial charge in [0.05, 0.1) is 14.2 Å². The standard InChI is InChI=1S/C14H24N2O4/c1-14(9-7-12(17)19-4)8-6-11(13(18)20-5)16(10-14)15(2)3/h6H,7-10H2,1-5H3. The van der Waals surface area contributed by atoms with E-state index in [0.29, 0.717) is 18.7 Å². The largest absolute Gasteiger partial charge is 0.469 e. The maximum absolute atomic E-state index is 11.8. The summed E-state index contributed by atoms with van der Waals surface area (Å²) in [6.45, 7) is 2.77. The fourth-order valence-electron chi connectivity index (χ4n) is 2.30. The minimum atomic E-state index is -0.339. The molecule has 1 aliphatic heterocycles. The minimum absolute atomic E-state index is 0.0734. The Morgan fingerprint density at radius 2 is 2.00 bits per heavy atom. The van der Waals surface area contributed by atoms with Crippen LogP contribution in [0.5, 0.6) is 0 Å². The third-order valence-corrected chi connectivity index (χ3v) is 3.64. The van der Waals surface area contributed by atoms with Crippen LogP contribution in [0.1, 0.15) is 26.2 Å². The van der Waals surface area contributed by atoms with Crippen molar-refractivity contribution in [2.75, 3.05) is 34.9 Å². The Balaban J connectivity index is 2.83. The van der Waals surface area contributed by atoms with E-state index >= 15 is 0 Å². The number of allylic oxidation sites excluding steroid dienone is 1. The quantitative estimate of drug-likeness (QED) is 0.707. The lowest BCUT2D eigenvalue weighted by Gasteiger charge is -2.43. The van der Waals surface area contributed by atoms with Crippen molar-refractivity contribution in [3.8, 4) is 0 Å². The molecule has 0 spiro atoms. The Morgan fingerprint density at radius 3 is 2.50 bits per heavy atom. The van der Waals surface area contributed by atoms with Crippen LogP contribution in [0.2, 0.25) is 0 Å². The Hall–Kier alpha value is -1.56. The molecule has 0 N–H and O–H groups in total. The van der Waals surface area contributed by atoms with Crippen LogP contribution < -0.4 is 0 Å². The molecule has 0 aromatic heterocycles. The molecule has 6 heteroatoms. The number of carbonyl (C=O) groups is 2. The smallest absolute Gasteiger partial charge is 0.355 e. The minimum Gasteiger partial charge on any atom is -0.469 e. The summed E-state index contributed by atoms with van der Waals surface area (Å²) in [6.07, 6.45) is 3.72. The zero-order valence-electron chi connectivity index (χ0n) is 12.9. The maximum Gasteiger partial charge on any atom is 0.355 e. The lowest BCUT2D eigenvalue weighted by Crippen LogP contribution is -2.48. The van der Waals surface area contributed by atoms with Gasteiger partial charge in [0.15, 0.2) is 0 Å². The molecule has 1 heterocycles. The van der Waals surface area contributed by atoms with E-state index in [2.05, 4.69) is 11.7 Å². The Labute approximate surface area is 120 Å². The number of hydrogen-bond donors (Lipinski definition) is 0. The van der Waals surface area contributed by atoms with E-state index in [1.165, 1.54) is 14.2 Å². The first kappa shape index (κ1) is 16.5. The van der Waals surface area contributed by atoms with Crippen molar-refractivity contribution in [2.24, 2.45) is 5.41 Å². The molecule has 0 radical (unpaired) electrons. The molecule has 0 aliphatic carbocycles. The summed E-state index contributed by atoms with van der Waals surface area (Å²) in [5.41, 5.74) is 0.476. The molecule has 20 heavy (non-hydrogen) atoms. The third kappa shape index (κ3) is 3.96. The number of esters is 2. The van der Waals surface area contributed by atoms with Crippen molar-refractivity contribution >= 4 is 11.9 Å². The molecule has 0 bridgehead atoms. The normalized spacial score (nSPS) is 22.5. The summed E-state index contributed by atoms with van der Waals surface area (Å²) in [6, 6.07) is 0. The predicted molar refractivity (Wildman–Crippen MR) is 74.5 cm³/mol. The van der Waals surface area contributed by atoms with E-state index in [1.807, 2.05) is 30.2 Å². The Kier molecular flexibility index (Phi) is 5.56. The molecule has 6 nitrogen and oxygen atoms in total. The van der Waals surface area contributed by atoms with Crippen molar-refractivity contribution in [3.63, 3.8) is 0 Å². The Morgan fingerprint density at radius 1 is 1.35 bits per heavy atom. The number of ether oxygens (including phenoxy) is 2. The molecular formula is C14H24N2O4. The van der Waals surface area contributed by atoms with Gasteiger partial charge in [-0.1, -0.05) is 13.0 Å². The zero-order valence-corrected chi connectivity index (χ0v) is 12.9. The molecule has 0 aromatic carbocycles. The first-order valence-corrected chi connectivity index (χ1v) is 6.63. The van der Waals surface area contributed by atoms with Crippen LogP contribution in [0, 0.1) is 5.41 Å². The van der Waals surface area contributed by atoms with E-state index in [1.54, 1.807) is 0 Å². The van der Waals surface area contributed by atoms with Gasteiger partial charge in [0, 0.05) is 27.1 Å². The van der Waals surface area contributed by atoms with E-state index in [0.717, 1.165) is 12.8 Å². The van der Waals surface area contributed by atoms with Gasteiger partial charge >= 0.3 is 11.9 Å². The molecule has 0 fully saturated rings. The predicted octanol–water partition coefficient (Wildman–Crippen LogP) is 1.19. The Bertz CT molecular complexity index is 406. The second kappa shape index (κ2) is 6.74. The second-order valence-electron chi connectivity index (χ2n) is 5.58. The highest BCUT2D eigenvalue weighted by Gasteiger charge is 2.35. The summed E-state index contributed by atoms with van der Waals surface area (Å²) in [7, 11) is 6.53. The summed E-state index contributed by atoms with van der Waals surface area (Å²) >= 11 is 0. The summed E-state index contributed by atoms with van der Waals surface area (Å²) < 4.78 is 9.49. The highest BCUT2D eigenvalue weighted by molar-refractivity contribution is 5.87. The van der Waals surface area contributed by atoms with Crippen LogP contribution in [-0.4, -0.2) is 56.8 Å². The summed E-state index contributed by atoms with van der Waals surface area (Å²) in [5, 5.41) is 3.74. The molecule has 1 unspecified atom stereocenters. The number of methoxy groups -OCH3 is 2. The van der Waals surface area contributed by atoms with Gasteiger partial charge in [-0.25, -0.2) is 9.80 Å². The first-order valence-electron chi connectivity index (χ1n) is 6.63. The van der Waals surface area contributed by atoms with Crippen LogP contribution in [0.3, 0.4) is 0 Å². The highest BCUT2D eigenvalue weighted by Crippen LogP contribution is 2.35. The zero-order chi connectivity index (χ0) is 15.3. The van der Waals surface area contributed by atoms with Gasteiger partial charge in [-0.05, 0) is 18.3 Å². The topological polar surface area (TPSA) is 59.1 Å². The van der Waals surface area contributed by atoms with Crippen LogP contribution in [0.15, 0.2) is 11.8 Å². The molecule has 0 aromatic rings. The lowest BCUT2D eigenvalue weighted by atomic mass is 9.79. The molecule has 1 rings (SSSR count). The van der Waals surface area contributed by atoms with Crippen LogP contribution >= 0.6 is 0 Å². The van der Waals surface area contributed by atoms with Crippen molar-refractivity contribution < 1.29 is 19.1 Å². The van der Waals surface area contributed by atoms with Gasteiger partial charge < -0.3 is 9.47 Å². The van der Waals surface area contributed by atoms with E-state index < -0.39 is 0 Å². The number of carbonyl (C=O) groups excluding carboxylic acids is 2. The van der Waals surface area contributed by atoms with Gasteiger partial charge in [0.1, 0.15) is 5.70 Å². The second-order valence-corrected chi connectivity index (χ2v) is 5.58. The maximum atomic E-state index is 11.8. The molecule has 1 aliphatic rings. The van der Waals surface area contributed by atoms with E-state index in [4.69, 9.17) is 4.74 Å². The number of hydrogen-bond acceptors (Lipinski definition) is 6. The average Bonchev–Trinajstić information content (AvgIpc) is 2.43. The van der Waals surface area contributed by atoms with E-state index in [-0.39, 0.29) is 17.4 Å². The van der Waals surface area contributed by atoms with Gasteiger partial charge in [-0.2, -0.15) is 0 Å². The molecule has 0 saturated carbocycles. The highest BCUT2D eigenvalue weighted by atomic mass is 16.5. The van der Waals surface area contributed by atoms with Crippen molar-refractivity contribution in [3.05, 3.63) is 11.8 Å². The fraction of sp³-hybridized carbons (Fsp3) is 0.714. The number of rotatable bonds is 5. The van der Waals surface area contributed by atoms with Crippen LogP contribution in [-0.2, 0) is 19.1 Å². The SMILES string of the molecule is COC(=O)CCC1(C)CC=C(C(=O)OC)N(N(C)C)C1. The number of nitrogens with zero attached hydrogens (tertiary/aromatic N) is 2. The molecule has 1 atom stereocenters. The average molecular weight is 284 g/mol. The van der Waals surface area contributed by atoms with Gasteiger partial charge in [-0.15, -0.1) is 0 Å².